The van der Waals surface area contributed by atoms with E-state index in [2.05, 4.69) is 4.90 Å². The van der Waals surface area contributed by atoms with Gasteiger partial charge in [-0.2, -0.15) is 0 Å². The highest BCUT2D eigenvalue weighted by Crippen LogP contribution is 2.40. The molecule has 2 saturated heterocycles. The van der Waals surface area contributed by atoms with E-state index >= 15 is 0 Å². The van der Waals surface area contributed by atoms with Gasteiger partial charge in [0.25, 0.3) is 11.7 Å². The lowest BCUT2D eigenvalue weighted by Gasteiger charge is -2.29. The van der Waals surface area contributed by atoms with Crippen LogP contribution in [0.3, 0.4) is 0 Å². The summed E-state index contributed by atoms with van der Waals surface area (Å²) in [6, 6.07) is 10.2. The van der Waals surface area contributed by atoms with Crippen molar-refractivity contribution in [1.82, 2.24) is 9.80 Å². The minimum Gasteiger partial charge on any atom is -0.507 e. The minimum absolute atomic E-state index is 0.0434. The molecule has 2 fully saturated rings. The van der Waals surface area contributed by atoms with Gasteiger partial charge in [0.1, 0.15) is 11.5 Å². The van der Waals surface area contributed by atoms with Crippen molar-refractivity contribution in [2.75, 3.05) is 46.5 Å². The monoisotopic (exact) mass is 512 g/mol. The van der Waals surface area contributed by atoms with Crippen molar-refractivity contribution >= 4 is 17.4 Å². The van der Waals surface area contributed by atoms with E-state index in [1.165, 1.54) is 17.0 Å². The summed E-state index contributed by atoms with van der Waals surface area (Å²) in [6.07, 6.45) is 0.419. The average Bonchev–Trinajstić information content (AvgIpc) is 3.15. The number of methoxy groups -OCH3 is 1. The maximum Gasteiger partial charge on any atom is 0.295 e. The second kappa shape index (κ2) is 11.7. The molecule has 2 aromatic carbocycles. The molecule has 2 aliphatic heterocycles. The number of ketones is 1. The fourth-order valence-corrected chi connectivity index (χ4v) is 4.69. The first-order valence-corrected chi connectivity index (χ1v) is 12.5. The average molecular weight is 513 g/mol. The molecule has 0 aromatic heterocycles. The zero-order chi connectivity index (χ0) is 26.5. The third-order valence-electron chi connectivity index (χ3n) is 6.52. The summed E-state index contributed by atoms with van der Waals surface area (Å²) < 4.78 is 30.8. The summed E-state index contributed by atoms with van der Waals surface area (Å²) in [7, 11) is 1.55. The zero-order valence-corrected chi connectivity index (χ0v) is 21.4. The zero-order valence-electron chi connectivity index (χ0n) is 21.4. The summed E-state index contributed by atoms with van der Waals surface area (Å²) in [4.78, 5) is 30.1. The van der Waals surface area contributed by atoms with Crippen molar-refractivity contribution < 1.29 is 33.3 Å². The largest absolute Gasteiger partial charge is 0.507 e. The molecule has 1 N–H and O–H groups in total. The van der Waals surface area contributed by atoms with Crippen LogP contribution in [0.5, 0.6) is 11.5 Å². The van der Waals surface area contributed by atoms with Crippen LogP contribution in [0.2, 0.25) is 0 Å². The molecule has 2 heterocycles. The first-order valence-electron chi connectivity index (χ1n) is 12.5. The lowest BCUT2D eigenvalue weighted by atomic mass is 9.95. The van der Waals surface area contributed by atoms with E-state index in [9.17, 15) is 19.1 Å². The number of carbonyl (C=O) groups excluding carboxylic acids is 2. The fraction of sp³-hybridized carbons (Fsp3) is 0.429. The molecule has 0 radical (unpaired) electrons. The fourth-order valence-electron chi connectivity index (χ4n) is 4.69. The van der Waals surface area contributed by atoms with Gasteiger partial charge in [0, 0.05) is 31.7 Å². The van der Waals surface area contributed by atoms with Crippen molar-refractivity contribution in [3.63, 3.8) is 0 Å². The number of Topliss-reactive ketones (excluding diaryl/α,β-unsaturated/α-hetero) is 1. The Labute approximate surface area is 216 Å². The molecule has 0 aliphatic carbocycles. The third-order valence-corrected chi connectivity index (χ3v) is 6.52. The Hall–Kier alpha value is -3.43. The van der Waals surface area contributed by atoms with Crippen molar-refractivity contribution in [2.24, 2.45) is 0 Å². The molecule has 1 atom stereocenters. The first-order chi connectivity index (χ1) is 17.8. The maximum atomic E-state index is 14.7. The van der Waals surface area contributed by atoms with Crippen LogP contribution >= 0.6 is 0 Å². The Kier molecular flexibility index (Phi) is 8.45. The van der Waals surface area contributed by atoms with Gasteiger partial charge in [0.15, 0.2) is 11.6 Å². The maximum absolute atomic E-state index is 14.7. The number of amides is 1. The van der Waals surface area contributed by atoms with Crippen LogP contribution in [-0.4, -0.2) is 79.2 Å². The number of aliphatic hydroxyl groups excluding tert-OH is 1. The molecule has 9 heteroatoms. The van der Waals surface area contributed by atoms with E-state index in [1.807, 2.05) is 0 Å². The van der Waals surface area contributed by atoms with Gasteiger partial charge in [-0.1, -0.05) is 12.1 Å². The molecule has 0 spiro atoms. The number of benzene rings is 2. The van der Waals surface area contributed by atoms with Crippen LogP contribution in [-0.2, 0) is 14.3 Å². The topological polar surface area (TPSA) is 88.5 Å². The number of rotatable bonds is 9. The van der Waals surface area contributed by atoms with E-state index in [4.69, 9.17) is 14.2 Å². The molecule has 2 aliphatic rings. The number of aliphatic hydroxyl groups is 1. The van der Waals surface area contributed by atoms with Crippen LogP contribution in [0.15, 0.2) is 48.0 Å². The molecule has 0 unspecified atom stereocenters. The second-order valence-electron chi connectivity index (χ2n) is 9.39. The summed E-state index contributed by atoms with van der Waals surface area (Å²) in [5.41, 5.74) is 0.671. The van der Waals surface area contributed by atoms with Crippen molar-refractivity contribution in [1.29, 1.82) is 0 Å². The number of nitrogens with zero attached hydrogens (tertiary/aromatic N) is 2. The lowest BCUT2D eigenvalue weighted by Crippen LogP contribution is -2.38. The quantitative estimate of drug-likeness (QED) is 0.311. The van der Waals surface area contributed by atoms with Gasteiger partial charge >= 0.3 is 0 Å². The van der Waals surface area contributed by atoms with Gasteiger partial charge in [-0.3, -0.25) is 14.5 Å². The Morgan fingerprint density at radius 3 is 2.43 bits per heavy atom. The van der Waals surface area contributed by atoms with E-state index in [0.29, 0.717) is 37.5 Å². The molecular formula is C28H33FN2O6. The lowest BCUT2D eigenvalue weighted by molar-refractivity contribution is -0.140. The highest BCUT2D eigenvalue weighted by molar-refractivity contribution is 6.46. The highest BCUT2D eigenvalue weighted by atomic mass is 19.1. The number of morpholine rings is 1. The number of halogens is 1. The van der Waals surface area contributed by atoms with E-state index in [-0.39, 0.29) is 23.0 Å². The van der Waals surface area contributed by atoms with Crippen LogP contribution in [0, 0.1) is 5.82 Å². The SMILES string of the molecule is COc1ccc([C@H]2/C(=C(\O)c3ccc(OC(C)C)c(F)c3)C(=O)C(=O)N2CCCN2CCOCC2)cc1. The van der Waals surface area contributed by atoms with Crippen LogP contribution in [0.25, 0.3) is 5.76 Å². The number of hydrogen-bond acceptors (Lipinski definition) is 7. The summed E-state index contributed by atoms with van der Waals surface area (Å²) in [6.45, 7) is 7.63. The van der Waals surface area contributed by atoms with Crippen LogP contribution in [0.4, 0.5) is 4.39 Å². The van der Waals surface area contributed by atoms with Crippen molar-refractivity contribution in [3.8, 4) is 11.5 Å². The molecule has 8 nitrogen and oxygen atoms in total. The molecule has 4 rings (SSSR count). The standard InChI is InChI=1S/C28H33FN2O6/c1-18(2)37-23-10-7-20(17-22(23)29)26(32)24-25(19-5-8-21(35-3)9-6-19)31(28(34)27(24)33)12-4-11-30-13-15-36-16-14-30/h5-10,17-18,25,32H,4,11-16H2,1-3H3/b26-24+/t25-/m0/s1. The molecule has 37 heavy (non-hydrogen) atoms. The number of carbonyl (C=O) groups is 2. The Morgan fingerprint density at radius 2 is 1.81 bits per heavy atom. The second-order valence-corrected chi connectivity index (χ2v) is 9.39. The number of ether oxygens (including phenoxy) is 3. The normalized spacial score (nSPS) is 20.0. The van der Waals surface area contributed by atoms with Crippen molar-refractivity contribution in [3.05, 3.63) is 65.0 Å². The molecule has 198 valence electrons. The van der Waals surface area contributed by atoms with Crippen LogP contribution in [0.1, 0.15) is 37.4 Å². The van der Waals surface area contributed by atoms with E-state index < -0.39 is 29.3 Å². The van der Waals surface area contributed by atoms with Crippen molar-refractivity contribution in [2.45, 2.75) is 32.4 Å². The molecule has 2 aromatic rings. The molecule has 1 amide bonds. The van der Waals surface area contributed by atoms with Crippen LogP contribution < -0.4 is 9.47 Å². The highest BCUT2D eigenvalue weighted by Gasteiger charge is 2.45. The van der Waals surface area contributed by atoms with Gasteiger partial charge in [-0.15, -0.1) is 0 Å². The molecule has 0 bridgehead atoms. The predicted molar refractivity (Wildman–Crippen MR) is 136 cm³/mol. The Balaban J connectivity index is 1.68. The van der Waals surface area contributed by atoms with Gasteiger partial charge in [0.2, 0.25) is 0 Å². The Bertz CT molecular complexity index is 1160. The minimum atomic E-state index is -0.815. The first kappa shape index (κ1) is 26.6. The summed E-state index contributed by atoms with van der Waals surface area (Å²) in [5.74, 6) is -1.92. The number of hydrogen-bond donors (Lipinski definition) is 1. The molecule has 0 saturated carbocycles. The van der Waals surface area contributed by atoms with Gasteiger partial charge < -0.3 is 24.2 Å². The van der Waals surface area contributed by atoms with Gasteiger partial charge in [-0.25, -0.2) is 4.39 Å². The summed E-state index contributed by atoms with van der Waals surface area (Å²) in [5, 5.41) is 11.2. The predicted octanol–water partition coefficient (Wildman–Crippen LogP) is 3.77. The third kappa shape index (κ3) is 5.94. The van der Waals surface area contributed by atoms with E-state index in [1.54, 1.807) is 45.2 Å². The van der Waals surface area contributed by atoms with E-state index in [0.717, 1.165) is 25.7 Å². The Morgan fingerprint density at radius 1 is 1.11 bits per heavy atom. The van der Waals surface area contributed by atoms with Gasteiger partial charge in [0.05, 0.1) is 38.0 Å². The summed E-state index contributed by atoms with van der Waals surface area (Å²) >= 11 is 0. The number of likely N-dealkylation sites (tertiary alicyclic amines) is 1. The smallest absolute Gasteiger partial charge is 0.295 e. The van der Waals surface area contributed by atoms with Gasteiger partial charge in [-0.05, 0) is 56.2 Å². The molecular weight excluding hydrogens is 479 g/mol.